The predicted octanol–water partition coefficient (Wildman–Crippen LogP) is 13.5. The summed E-state index contributed by atoms with van der Waals surface area (Å²) in [7, 11) is -5.05. The summed E-state index contributed by atoms with van der Waals surface area (Å²) in [5.74, 6) is -0.510. The summed E-state index contributed by atoms with van der Waals surface area (Å²) in [6.07, 6.45) is 60.8. The number of esters is 1. The van der Waals surface area contributed by atoms with Crippen LogP contribution in [-0.4, -0.2) is 98.9 Å². The van der Waals surface area contributed by atoms with Crippen LogP contribution in [0.4, 0.5) is 0 Å². The van der Waals surface area contributed by atoms with E-state index >= 15 is 0 Å². The first-order valence-corrected chi connectivity index (χ1v) is 29.5. The lowest BCUT2D eigenvalue weighted by atomic mass is 9.85. The third kappa shape index (κ3) is 39.8. The molecule has 1 fully saturated rings. The molecule has 0 amide bonds. The smallest absolute Gasteiger partial charge is 0.457 e. The number of carbonyl (C=O) groups excluding carboxylic acids is 1. The first-order chi connectivity index (χ1) is 36.0. The van der Waals surface area contributed by atoms with Gasteiger partial charge in [-0.15, -0.1) is 0 Å². The highest BCUT2D eigenvalue weighted by Crippen LogP contribution is 2.47. The third-order valence-electron chi connectivity index (χ3n) is 12.0. The highest BCUT2D eigenvalue weighted by molar-refractivity contribution is 7.47. The topological polar surface area (TPSA) is 192 Å². The molecule has 6 unspecified atom stereocenters. The fraction of sp³-hybridized carbons (Fsp3) is 0.623. The molecule has 74 heavy (non-hydrogen) atoms. The maximum atomic E-state index is 12.9. The molecule has 0 aromatic heterocycles. The Labute approximate surface area is 447 Å². The number of phosphoric acid groups is 1. The normalized spacial score (nSPS) is 21.5. The first kappa shape index (κ1) is 68.5. The molecule has 0 saturated heterocycles. The van der Waals surface area contributed by atoms with Crippen molar-refractivity contribution in [3.05, 3.63) is 134 Å². The highest BCUT2D eigenvalue weighted by Gasteiger charge is 2.51. The van der Waals surface area contributed by atoms with Gasteiger partial charge in [-0.3, -0.25) is 13.8 Å². The quantitative estimate of drug-likeness (QED) is 0.0147. The van der Waals surface area contributed by atoms with E-state index in [1.165, 1.54) is 25.7 Å². The van der Waals surface area contributed by atoms with Crippen molar-refractivity contribution in [2.45, 2.75) is 224 Å². The van der Waals surface area contributed by atoms with Gasteiger partial charge in [-0.1, -0.05) is 199 Å². The van der Waals surface area contributed by atoms with E-state index in [1.54, 1.807) is 0 Å². The summed E-state index contributed by atoms with van der Waals surface area (Å²) in [6, 6.07) is 0. The second kappa shape index (κ2) is 49.1. The molecule has 0 spiro atoms. The Morgan fingerprint density at radius 1 is 0.432 bits per heavy atom. The number of phosphoric ester groups is 1. The van der Waals surface area contributed by atoms with E-state index in [9.17, 15) is 39.8 Å². The van der Waals surface area contributed by atoms with Crippen LogP contribution in [0.3, 0.4) is 0 Å². The minimum atomic E-state index is -5.05. The Kier molecular flexibility index (Phi) is 45.4. The van der Waals surface area contributed by atoms with Crippen LogP contribution in [0.15, 0.2) is 134 Å². The van der Waals surface area contributed by atoms with E-state index in [0.717, 1.165) is 128 Å². The first-order valence-electron chi connectivity index (χ1n) is 28.0. The van der Waals surface area contributed by atoms with Crippen molar-refractivity contribution in [3.8, 4) is 0 Å². The summed E-state index contributed by atoms with van der Waals surface area (Å²) in [4.78, 5) is 23.3. The van der Waals surface area contributed by atoms with Crippen molar-refractivity contribution in [2.24, 2.45) is 0 Å². The Bertz CT molecular complexity index is 1730. The Morgan fingerprint density at radius 2 is 0.757 bits per heavy atom. The van der Waals surface area contributed by atoms with Crippen LogP contribution >= 0.6 is 7.82 Å². The number of hydrogen-bond donors (Lipinski definition) is 6. The molecular formula is C61H99O12P. The minimum absolute atomic E-state index is 0.103. The molecular weight excluding hydrogens is 956 g/mol. The maximum absolute atomic E-state index is 12.9. The lowest BCUT2D eigenvalue weighted by molar-refractivity contribution is -0.220. The number of aliphatic hydroxyl groups excluding tert-OH is 5. The summed E-state index contributed by atoms with van der Waals surface area (Å²) in [5.41, 5.74) is 0. The molecule has 0 aromatic carbocycles. The molecule has 1 saturated carbocycles. The monoisotopic (exact) mass is 1050 g/mol. The second-order valence-corrected chi connectivity index (χ2v) is 20.1. The van der Waals surface area contributed by atoms with Gasteiger partial charge < -0.3 is 39.9 Å². The minimum Gasteiger partial charge on any atom is -0.457 e. The number of aliphatic hydroxyl groups is 5. The summed E-state index contributed by atoms with van der Waals surface area (Å²) < 4.78 is 34.4. The largest absolute Gasteiger partial charge is 0.472 e. The summed E-state index contributed by atoms with van der Waals surface area (Å²) in [6.45, 7) is 3.98. The van der Waals surface area contributed by atoms with Crippen LogP contribution in [-0.2, 0) is 27.9 Å². The molecule has 13 heteroatoms. The van der Waals surface area contributed by atoms with Crippen LogP contribution in [0.2, 0.25) is 0 Å². The van der Waals surface area contributed by atoms with Crippen LogP contribution in [0, 0.1) is 0 Å². The van der Waals surface area contributed by atoms with E-state index in [2.05, 4.69) is 148 Å². The van der Waals surface area contributed by atoms with Gasteiger partial charge in [-0.05, 0) is 109 Å². The van der Waals surface area contributed by atoms with E-state index in [0.29, 0.717) is 13.0 Å². The van der Waals surface area contributed by atoms with E-state index in [-0.39, 0.29) is 13.0 Å². The second-order valence-electron chi connectivity index (χ2n) is 18.7. The van der Waals surface area contributed by atoms with Crippen molar-refractivity contribution in [1.29, 1.82) is 0 Å². The van der Waals surface area contributed by atoms with E-state index in [4.69, 9.17) is 18.5 Å². The van der Waals surface area contributed by atoms with Crippen LogP contribution in [0.25, 0.3) is 0 Å². The van der Waals surface area contributed by atoms with Gasteiger partial charge in [0.25, 0.3) is 0 Å². The van der Waals surface area contributed by atoms with Gasteiger partial charge in [0.1, 0.15) is 42.7 Å². The van der Waals surface area contributed by atoms with Crippen LogP contribution < -0.4 is 0 Å². The van der Waals surface area contributed by atoms with Gasteiger partial charge >= 0.3 is 13.8 Å². The van der Waals surface area contributed by atoms with Gasteiger partial charge in [0.2, 0.25) is 0 Å². The van der Waals surface area contributed by atoms with Gasteiger partial charge in [0, 0.05) is 13.0 Å². The Morgan fingerprint density at radius 3 is 1.15 bits per heavy atom. The molecule has 0 heterocycles. The fourth-order valence-electron chi connectivity index (χ4n) is 7.68. The molecule has 12 nitrogen and oxygen atoms in total. The lowest BCUT2D eigenvalue weighted by Crippen LogP contribution is -2.64. The average Bonchev–Trinajstić information content (AvgIpc) is 3.39. The average molecular weight is 1060 g/mol. The number of rotatable bonds is 46. The lowest BCUT2D eigenvalue weighted by Gasteiger charge is -2.41. The van der Waals surface area contributed by atoms with Gasteiger partial charge in [0.15, 0.2) is 0 Å². The Balaban J connectivity index is 2.35. The molecule has 1 aliphatic carbocycles. The molecule has 0 aliphatic heterocycles. The van der Waals surface area contributed by atoms with E-state index in [1.807, 2.05) is 0 Å². The number of ether oxygens (including phenoxy) is 2. The Hall–Kier alpha value is -3.52. The predicted molar refractivity (Wildman–Crippen MR) is 303 cm³/mol. The van der Waals surface area contributed by atoms with Crippen molar-refractivity contribution < 1.29 is 58.3 Å². The van der Waals surface area contributed by atoms with Crippen LogP contribution in [0.5, 0.6) is 0 Å². The zero-order valence-electron chi connectivity index (χ0n) is 45.3. The van der Waals surface area contributed by atoms with Gasteiger partial charge in [-0.2, -0.15) is 0 Å². The maximum Gasteiger partial charge on any atom is 0.472 e. The van der Waals surface area contributed by atoms with E-state index < -0.39 is 63.1 Å². The zero-order valence-corrected chi connectivity index (χ0v) is 46.2. The number of allylic oxidation sites excluding steroid dienone is 22. The molecule has 1 rings (SSSR count). The van der Waals surface area contributed by atoms with Crippen LogP contribution in [0.1, 0.15) is 181 Å². The molecule has 420 valence electrons. The fourth-order valence-corrected chi connectivity index (χ4v) is 8.65. The van der Waals surface area contributed by atoms with Gasteiger partial charge in [-0.25, -0.2) is 4.57 Å². The molecule has 1 aliphatic rings. The SMILES string of the molecule is CC/C=C\C/C=C\C/C=C\C/C=C\C/C=C\C/C=C\CCCCCCC(=O)OC(COCCCCCCCCCC/C=C\C/C=C\C/C=C\C/C=C\C/C=C\CC)COP(=O)(O)OC1C(O)C(O)C(O)C(O)C1O. The van der Waals surface area contributed by atoms with Crippen molar-refractivity contribution >= 4 is 13.8 Å². The van der Waals surface area contributed by atoms with Crippen molar-refractivity contribution in [1.82, 2.24) is 0 Å². The number of hydrogen-bond acceptors (Lipinski definition) is 11. The molecule has 0 radical (unpaired) electrons. The number of carbonyl (C=O) groups is 1. The van der Waals surface area contributed by atoms with Crippen molar-refractivity contribution in [2.75, 3.05) is 19.8 Å². The zero-order chi connectivity index (χ0) is 54.0. The summed E-state index contributed by atoms with van der Waals surface area (Å²) in [5, 5.41) is 50.4. The molecule has 0 bridgehead atoms. The highest BCUT2D eigenvalue weighted by atomic mass is 31.2. The molecule has 6 N–H and O–H groups in total. The molecule has 6 atom stereocenters. The third-order valence-corrected chi connectivity index (χ3v) is 13.0. The molecule has 0 aromatic rings. The standard InChI is InChI=1S/C61H99O12P/c1-3-5-7-9-11-13-15-17-19-21-23-25-27-29-31-33-35-37-39-41-43-45-47-49-51-70-52-54(53-71-74(68,69)73-61-59(66)57(64)56(63)58(65)60(61)67)72-55(62)50-48-46-44-42-40-38-36-34-32-30-28-26-24-22-20-18-16-14-12-10-8-6-4-2/h5-8,11-14,17-20,23-26,29-32,36,38,54,56-61,63-67H,3-4,9-10,15-16,21-22,27-28,33-35,37,39-53H2,1-2H3,(H,68,69)/b7-5-,8-6-,13-11-,14-12-,19-17-,20-18-,25-23-,26-24-,31-29-,32-30-,38-36-. The van der Waals surface area contributed by atoms with Crippen molar-refractivity contribution in [3.63, 3.8) is 0 Å². The van der Waals surface area contributed by atoms with Gasteiger partial charge in [0.05, 0.1) is 13.2 Å². The summed E-state index contributed by atoms with van der Waals surface area (Å²) >= 11 is 0. The number of unbranched alkanes of at least 4 members (excludes halogenated alkanes) is 12.